The average molecular weight is 467 g/mol. The van der Waals surface area contributed by atoms with E-state index in [0.717, 1.165) is 11.1 Å². The van der Waals surface area contributed by atoms with E-state index in [-0.39, 0.29) is 40.9 Å². The Labute approximate surface area is 200 Å². The number of nitrogens with zero attached hydrogens (tertiary/aromatic N) is 2. The van der Waals surface area contributed by atoms with Gasteiger partial charge in [-0.05, 0) is 54.0 Å². The molecule has 5 nitrogen and oxygen atoms in total. The minimum absolute atomic E-state index is 0.00156. The first-order valence-corrected chi connectivity index (χ1v) is 11.8. The molecular weight excluding hydrogens is 436 g/mol. The summed E-state index contributed by atoms with van der Waals surface area (Å²) in [7, 11) is 0. The third kappa shape index (κ3) is 4.08. The van der Waals surface area contributed by atoms with Crippen molar-refractivity contribution in [3.63, 3.8) is 0 Å². The maximum absolute atomic E-state index is 13.8. The van der Waals surface area contributed by atoms with Gasteiger partial charge in [-0.3, -0.25) is 14.4 Å². The molecule has 1 unspecified atom stereocenters. The summed E-state index contributed by atoms with van der Waals surface area (Å²) < 4.78 is 0. The molecule has 6 heteroatoms. The molecule has 1 heterocycles. The number of rotatable bonds is 6. The molecule has 2 aromatic carbocycles. The van der Waals surface area contributed by atoms with Crippen LogP contribution in [0, 0.1) is 23.7 Å². The molecule has 1 saturated heterocycles. The second-order valence-electron chi connectivity index (χ2n) is 10.4. The van der Waals surface area contributed by atoms with Gasteiger partial charge in [0.15, 0.2) is 0 Å². The molecule has 0 N–H and O–H groups in total. The van der Waals surface area contributed by atoms with E-state index in [2.05, 4.69) is 27.7 Å². The Balaban J connectivity index is 1.62. The number of imide groups is 1. The summed E-state index contributed by atoms with van der Waals surface area (Å²) in [4.78, 5) is 43.0. The van der Waals surface area contributed by atoms with Gasteiger partial charge in [-0.1, -0.05) is 69.1 Å². The summed E-state index contributed by atoms with van der Waals surface area (Å²) in [5, 5.41) is 0.632. The van der Waals surface area contributed by atoms with Crippen LogP contribution >= 0.6 is 11.6 Å². The van der Waals surface area contributed by atoms with Gasteiger partial charge in [0, 0.05) is 17.5 Å². The number of benzene rings is 2. The Morgan fingerprint density at radius 1 is 1.06 bits per heavy atom. The van der Waals surface area contributed by atoms with Crippen LogP contribution < -0.4 is 4.90 Å². The summed E-state index contributed by atoms with van der Waals surface area (Å²) in [6, 6.07) is 14.0. The van der Waals surface area contributed by atoms with Crippen molar-refractivity contribution in [1.82, 2.24) is 4.90 Å². The normalized spacial score (nSPS) is 21.4. The lowest BCUT2D eigenvalue weighted by molar-refractivity contribution is -0.140. The lowest BCUT2D eigenvalue weighted by Gasteiger charge is -2.29. The third-order valence-electron chi connectivity index (χ3n) is 7.87. The van der Waals surface area contributed by atoms with Crippen LogP contribution in [0.15, 0.2) is 48.5 Å². The highest BCUT2D eigenvalue weighted by molar-refractivity contribution is 6.30. The summed E-state index contributed by atoms with van der Waals surface area (Å²) in [5.41, 5.74) is 2.25. The van der Waals surface area contributed by atoms with Crippen LogP contribution in [0.4, 0.5) is 5.69 Å². The molecule has 2 aromatic rings. The lowest BCUT2D eigenvalue weighted by Crippen LogP contribution is -2.47. The van der Waals surface area contributed by atoms with Gasteiger partial charge < -0.3 is 4.90 Å². The number of anilines is 1. The molecule has 2 aliphatic rings. The SMILES string of the molecule is Cc1ccc(N2C(=O)CC(N(CCc3cccc(Cl)c3)C(=O)C3C(C)(C)C3(C)C)C2=O)cc1. The van der Waals surface area contributed by atoms with Crippen molar-refractivity contribution in [3.8, 4) is 0 Å². The molecule has 1 aliphatic carbocycles. The van der Waals surface area contributed by atoms with E-state index in [1.807, 2.05) is 43.3 Å². The minimum atomic E-state index is -0.794. The summed E-state index contributed by atoms with van der Waals surface area (Å²) in [6.45, 7) is 10.7. The molecule has 33 heavy (non-hydrogen) atoms. The van der Waals surface area contributed by atoms with E-state index >= 15 is 0 Å². The van der Waals surface area contributed by atoms with Gasteiger partial charge in [0.05, 0.1) is 12.1 Å². The van der Waals surface area contributed by atoms with Gasteiger partial charge in [-0.15, -0.1) is 0 Å². The molecule has 0 radical (unpaired) electrons. The van der Waals surface area contributed by atoms with Crippen molar-refractivity contribution in [2.24, 2.45) is 16.7 Å². The van der Waals surface area contributed by atoms with E-state index in [9.17, 15) is 14.4 Å². The molecule has 3 amide bonds. The topological polar surface area (TPSA) is 57.7 Å². The van der Waals surface area contributed by atoms with E-state index < -0.39 is 6.04 Å². The monoisotopic (exact) mass is 466 g/mol. The summed E-state index contributed by atoms with van der Waals surface area (Å²) in [5.74, 6) is -0.854. The predicted octanol–water partition coefficient (Wildman–Crippen LogP) is 5.03. The van der Waals surface area contributed by atoms with Crippen molar-refractivity contribution >= 4 is 35.0 Å². The van der Waals surface area contributed by atoms with Crippen LogP contribution in [0.5, 0.6) is 0 Å². The molecular formula is C27H31ClN2O3. The molecule has 1 saturated carbocycles. The number of carbonyl (C=O) groups is 3. The number of amides is 3. The molecule has 0 aromatic heterocycles. The second-order valence-corrected chi connectivity index (χ2v) is 10.8. The fraction of sp³-hybridized carbons (Fsp3) is 0.444. The van der Waals surface area contributed by atoms with Crippen molar-refractivity contribution in [2.45, 2.75) is 53.5 Å². The zero-order chi connectivity index (χ0) is 24.1. The number of carbonyl (C=O) groups excluding carboxylic acids is 3. The summed E-state index contributed by atoms with van der Waals surface area (Å²) in [6.07, 6.45) is 0.559. The van der Waals surface area contributed by atoms with Crippen LogP contribution in [0.25, 0.3) is 0 Å². The number of aryl methyl sites for hydroxylation is 1. The highest BCUT2D eigenvalue weighted by Crippen LogP contribution is 2.69. The molecule has 174 valence electrons. The fourth-order valence-electron chi connectivity index (χ4n) is 5.17. The first-order chi connectivity index (χ1) is 15.4. The molecule has 0 spiro atoms. The van der Waals surface area contributed by atoms with Crippen LogP contribution in [-0.2, 0) is 20.8 Å². The minimum Gasteiger partial charge on any atom is -0.329 e. The second kappa shape index (κ2) is 8.28. The smallest absolute Gasteiger partial charge is 0.257 e. The van der Waals surface area contributed by atoms with Crippen LogP contribution in [0.3, 0.4) is 0 Å². The maximum atomic E-state index is 13.8. The number of halogens is 1. The van der Waals surface area contributed by atoms with E-state index in [0.29, 0.717) is 23.7 Å². The van der Waals surface area contributed by atoms with Crippen molar-refractivity contribution < 1.29 is 14.4 Å². The molecule has 0 bridgehead atoms. The third-order valence-corrected chi connectivity index (χ3v) is 8.11. The highest BCUT2D eigenvalue weighted by Gasteiger charge is 2.69. The average Bonchev–Trinajstić information content (AvgIpc) is 2.97. The Bertz CT molecular complexity index is 1090. The first kappa shape index (κ1) is 23.5. The van der Waals surface area contributed by atoms with Gasteiger partial charge >= 0.3 is 0 Å². The maximum Gasteiger partial charge on any atom is 0.257 e. The zero-order valence-electron chi connectivity index (χ0n) is 19.9. The van der Waals surface area contributed by atoms with Gasteiger partial charge in [0.1, 0.15) is 6.04 Å². The van der Waals surface area contributed by atoms with Gasteiger partial charge in [-0.25, -0.2) is 4.90 Å². The van der Waals surface area contributed by atoms with Crippen molar-refractivity contribution in [3.05, 3.63) is 64.7 Å². The van der Waals surface area contributed by atoms with Gasteiger partial charge in [-0.2, -0.15) is 0 Å². The van der Waals surface area contributed by atoms with E-state index in [4.69, 9.17) is 11.6 Å². The van der Waals surface area contributed by atoms with Gasteiger partial charge in [0.2, 0.25) is 11.8 Å². The molecule has 2 fully saturated rings. The first-order valence-electron chi connectivity index (χ1n) is 11.4. The Morgan fingerprint density at radius 3 is 2.27 bits per heavy atom. The predicted molar refractivity (Wildman–Crippen MR) is 130 cm³/mol. The highest BCUT2D eigenvalue weighted by atomic mass is 35.5. The Morgan fingerprint density at radius 2 is 1.70 bits per heavy atom. The summed E-state index contributed by atoms with van der Waals surface area (Å²) >= 11 is 6.14. The molecule has 1 atom stereocenters. The van der Waals surface area contributed by atoms with Crippen LogP contribution in [0.2, 0.25) is 5.02 Å². The number of hydrogen-bond acceptors (Lipinski definition) is 3. The quantitative estimate of drug-likeness (QED) is 0.561. The Hall–Kier alpha value is -2.66. The van der Waals surface area contributed by atoms with Gasteiger partial charge in [0.25, 0.3) is 5.91 Å². The molecule has 4 rings (SSSR count). The Kier molecular flexibility index (Phi) is 5.90. The fourth-order valence-corrected chi connectivity index (χ4v) is 5.38. The molecule has 1 aliphatic heterocycles. The van der Waals surface area contributed by atoms with Crippen LogP contribution in [-0.4, -0.2) is 35.2 Å². The van der Waals surface area contributed by atoms with Crippen LogP contribution in [0.1, 0.15) is 45.2 Å². The van der Waals surface area contributed by atoms with Crippen molar-refractivity contribution in [1.29, 1.82) is 0 Å². The largest absolute Gasteiger partial charge is 0.329 e. The van der Waals surface area contributed by atoms with E-state index in [1.54, 1.807) is 17.0 Å². The van der Waals surface area contributed by atoms with E-state index in [1.165, 1.54) is 4.90 Å². The zero-order valence-corrected chi connectivity index (χ0v) is 20.6. The number of hydrogen-bond donors (Lipinski definition) is 0. The standard InChI is InChI=1S/C27H31ClN2O3/c1-17-9-11-20(12-10-17)30-22(31)16-21(24(30)32)29(14-13-18-7-6-8-19(28)15-18)25(33)23-26(2,3)27(23,4)5/h6-12,15,21,23H,13-14,16H2,1-5H3. The van der Waals surface area contributed by atoms with Crippen molar-refractivity contribution in [2.75, 3.05) is 11.4 Å². The lowest BCUT2D eigenvalue weighted by atomic mass is 10.0.